The fraction of sp³-hybridized carbons (Fsp3) is 0.333. The van der Waals surface area contributed by atoms with Crippen LogP contribution in [0.2, 0.25) is 0 Å². The average molecular weight is 333 g/mol. The number of rotatable bonds is 8. The third kappa shape index (κ3) is 5.74. The van der Waals surface area contributed by atoms with Crippen LogP contribution in [-0.2, 0) is 4.57 Å². The average Bonchev–Trinajstić information content (AvgIpc) is 2.52. The van der Waals surface area contributed by atoms with Gasteiger partial charge in [0.15, 0.2) is 0 Å². The van der Waals surface area contributed by atoms with Crippen molar-refractivity contribution in [2.24, 2.45) is 5.73 Å². The maximum absolute atomic E-state index is 13.1. The van der Waals surface area contributed by atoms with Gasteiger partial charge in [0.05, 0.1) is 6.16 Å². The number of unbranched alkanes of at least 4 members (excludes halogenated alkanes) is 1. The van der Waals surface area contributed by atoms with Crippen LogP contribution in [0.15, 0.2) is 48.5 Å². The Morgan fingerprint density at radius 2 is 1.26 bits per heavy atom. The Morgan fingerprint density at radius 3 is 1.65 bits per heavy atom. The summed E-state index contributed by atoms with van der Waals surface area (Å²) < 4.78 is 24.6. The van der Waals surface area contributed by atoms with E-state index in [1.54, 1.807) is 0 Å². The molecule has 124 valence electrons. The summed E-state index contributed by atoms with van der Waals surface area (Å²) in [6.45, 7) is 4.55. The SMILES string of the molecule is Cc1ccc(OP(=O)(CCCCN)Oc2ccc(C)cc2)cc1. The highest BCUT2D eigenvalue weighted by atomic mass is 31.2. The first-order valence-corrected chi connectivity index (χ1v) is 9.55. The molecule has 2 aromatic rings. The molecule has 2 N–H and O–H groups in total. The van der Waals surface area contributed by atoms with Gasteiger partial charge in [0.2, 0.25) is 0 Å². The molecule has 2 aromatic carbocycles. The molecule has 0 heterocycles. The molecule has 5 heteroatoms. The first kappa shape index (κ1) is 17.6. The summed E-state index contributed by atoms with van der Waals surface area (Å²) in [5.41, 5.74) is 7.77. The molecule has 0 aliphatic heterocycles. The highest BCUT2D eigenvalue weighted by Crippen LogP contribution is 2.49. The minimum absolute atomic E-state index is 0.339. The van der Waals surface area contributed by atoms with Crippen LogP contribution >= 0.6 is 7.60 Å². The van der Waals surface area contributed by atoms with E-state index in [4.69, 9.17) is 14.8 Å². The highest BCUT2D eigenvalue weighted by Gasteiger charge is 2.27. The molecule has 0 fully saturated rings. The molecule has 0 saturated heterocycles. The smallest absolute Gasteiger partial charge is 0.416 e. The zero-order valence-electron chi connectivity index (χ0n) is 13.7. The fourth-order valence-electron chi connectivity index (χ4n) is 2.08. The van der Waals surface area contributed by atoms with Crippen LogP contribution in [0.1, 0.15) is 24.0 Å². The van der Waals surface area contributed by atoms with Crippen molar-refractivity contribution in [2.75, 3.05) is 12.7 Å². The number of benzene rings is 2. The van der Waals surface area contributed by atoms with E-state index in [0.717, 1.165) is 17.5 Å². The van der Waals surface area contributed by atoms with Crippen molar-refractivity contribution in [3.05, 3.63) is 59.7 Å². The van der Waals surface area contributed by atoms with Gasteiger partial charge in [0, 0.05) is 0 Å². The Bertz CT molecular complexity index is 601. The minimum atomic E-state index is -3.28. The van der Waals surface area contributed by atoms with Gasteiger partial charge in [-0.05, 0) is 57.5 Å². The molecule has 0 aliphatic carbocycles. The van der Waals surface area contributed by atoms with E-state index in [-0.39, 0.29) is 0 Å². The normalized spacial score (nSPS) is 11.3. The van der Waals surface area contributed by atoms with Gasteiger partial charge in [0.1, 0.15) is 11.5 Å². The lowest BCUT2D eigenvalue weighted by atomic mass is 10.2. The van der Waals surface area contributed by atoms with Gasteiger partial charge in [-0.15, -0.1) is 0 Å². The zero-order chi connectivity index (χ0) is 16.7. The summed E-state index contributed by atoms with van der Waals surface area (Å²) in [5.74, 6) is 1.11. The van der Waals surface area contributed by atoms with Crippen LogP contribution < -0.4 is 14.8 Å². The molecule has 0 spiro atoms. The molecular formula is C18H24NO3P. The van der Waals surface area contributed by atoms with Crippen molar-refractivity contribution in [1.29, 1.82) is 0 Å². The van der Waals surface area contributed by atoms with E-state index in [1.165, 1.54) is 0 Å². The van der Waals surface area contributed by atoms with Gasteiger partial charge < -0.3 is 14.8 Å². The molecule has 0 unspecified atom stereocenters. The Morgan fingerprint density at radius 1 is 0.826 bits per heavy atom. The molecule has 0 aliphatic rings. The van der Waals surface area contributed by atoms with Crippen molar-refractivity contribution in [3.8, 4) is 11.5 Å². The Labute approximate surface area is 138 Å². The minimum Gasteiger partial charge on any atom is -0.416 e. The van der Waals surface area contributed by atoms with E-state index in [9.17, 15) is 4.57 Å². The van der Waals surface area contributed by atoms with Crippen LogP contribution in [0.4, 0.5) is 0 Å². The fourth-order valence-corrected chi connectivity index (χ4v) is 3.80. The maximum atomic E-state index is 13.1. The van der Waals surface area contributed by atoms with E-state index < -0.39 is 7.60 Å². The van der Waals surface area contributed by atoms with Gasteiger partial charge >= 0.3 is 7.60 Å². The molecule has 0 bridgehead atoms. The second-order valence-corrected chi connectivity index (χ2v) is 7.67. The molecule has 2 rings (SSSR count). The third-order valence-electron chi connectivity index (χ3n) is 3.42. The quantitative estimate of drug-likeness (QED) is 0.562. The van der Waals surface area contributed by atoms with E-state index >= 15 is 0 Å². The van der Waals surface area contributed by atoms with Gasteiger partial charge in [-0.1, -0.05) is 35.4 Å². The Balaban J connectivity index is 2.15. The predicted molar refractivity (Wildman–Crippen MR) is 94.4 cm³/mol. The van der Waals surface area contributed by atoms with Gasteiger partial charge in [0.25, 0.3) is 0 Å². The summed E-state index contributed by atoms with van der Waals surface area (Å²) in [4.78, 5) is 0. The number of hydrogen-bond donors (Lipinski definition) is 1. The van der Waals surface area contributed by atoms with Gasteiger partial charge in [-0.25, -0.2) is 4.57 Å². The lowest BCUT2D eigenvalue weighted by molar-refractivity contribution is 0.384. The number of nitrogens with two attached hydrogens (primary N) is 1. The highest BCUT2D eigenvalue weighted by molar-refractivity contribution is 7.54. The summed E-state index contributed by atoms with van der Waals surface area (Å²) in [7, 11) is -3.28. The number of aryl methyl sites for hydroxylation is 2. The zero-order valence-corrected chi connectivity index (χ0v) is 14.6. The van der Waals surface area contributed by atoms with Crippen molar-refractivity contribution < 1.29 is 13.6 Å². The van der Waals surface area contributed by atoms with E-state index in [1.807, 2.05) is 62.4 Å². The first-order valence-electron chi connectivity index (χ1n) is 7.82. The van der Waals surface area contributed by atoms with Crippen molar-refractivity contribution in [3.63, 3.8) is 0 Å². The lowest BCUT2D eigenvalue weighted by Gasteiger charge is -2.20. The third-order valence-corrected chi connectivity index (χ3v) is 5.26. The standard InChI is InChI=1S/C18H24NO3P/c1-15-5-9-17(10-6-15)21-23(20,14-4-3-13-19)22-18-11-7-16(2)8-12-18/h5-12H,3-4,13-14,19H2,1-2H3. The Hall–Kier alpha value is -1.77. The molecule has 0 radical (unpaired) electrons. The van der Waals surface area contributed by atoms with Crippen LogP contribution in [-0.4, -0.2) is 12.7 Å². The van der Waals surface area contributed by atoms with Crippen LogP contribution in [0.25, 0.3) is 0 Å². The largest absolute Gasteiger partial charge is 0.430 e. The maximum Gasteiger partial charge on any atom is 0.430 e. The number of hydrogen-bond acceptors (Lipinski definition) is 4. The molecular weight excluding hydrogens is 309 g/mol. The molecule has 23 heavy (non-hydrogen) atoms. The predicted octanol–water partition coefficient (Wildman–Crippen LogP) is 4.69. The molecule has 0 saturated carbocycles. The second-order valence-electron chi connectivity index (χ2n) is 5.64. The molecule has 0 aromatic heterocycles. The van der Waals surface area contributed by atoms with Gasteiger partial charge in [-0.2, -0.15) is 0 Å². The topological polar surface area (TPSA) is 61.5 Å². The van der Waals surface area contributed by atoms with E-state index in [2.05, 4.69) is 0 Å². The monoisotopic (exact) mass is 333 g/mol. The van der Waals surface area contributed by atoms with Crippen molar-refractivity contribution in [1.82, 2.24) is 0 Å². The second kappa shape index (κ2) is 8.19. The van der Waals surface area contributed by atoms with Gasteiger partial charge in [-0.3, -0.25) is 0 Å². The van der Waals surface area contributed by atoms with Crippen LogP contribution in [0, 0.1) is 13.8 Å². The summed E-state index contributed by atoms with van der Waals surface area (Å²) in [6, 6.07) is 14.9. The van der Waals surface area contributed by atoms with Crippen LogP contribution in [0.3, 0.4) is 0 Å². The van der Waals surface area contributed by atoms with Crippen LogP contribution in [0.5, 0.6) is 11.5 Å². The van der Waals surface area contributed by atoms with Crippen molar-refractivity contribution in [2.45, 2.75) is 26.7 Å². The molecule has 0 amide bonds. The van der Waals surface area contributed by atoms with Crippen molar-refractivity contribution >= 4 is 7.60 Å². The lowest BCUT2D eigenvalue weighted by Crippen LogP contribution is -2.07. The molecule has 0 atom stereocenters. The molecule has 4 nitrogen and oxygen atoms in total. The summed E-state index contributed by atoms with van der Waals surface area (Å²) in [5, 5.41) is 0. The first-order chi connectivity index (χ1) is 11.0. The van der Waals surface area contributed by atoms with E-state index in [0.29, 0.717) is 30.6 Å². The Kier molecular flexibility index (Phi) is 6.26. The summed E-state index contributed by atoms with van der Waals surface area (Å²) >= 11 is 0. The summed E-state index contributed by atoms with van der Waals surface area (Å²) in [6.07, 6.45) is 1.83.